The minimum Gasteiger partial charge on any atom is -0.494 e. The summed E-state index contributed by atoms with van der Waals surface area (Å²) in [4.78, 5) is 11.6. The van der Waals surface area contributed by atoms with Crippen LogP contribution in [-0.2, 0) is 16.0 Å². The van der Waals surface area contributed by atoms with Crippen molar-refractivity contribution in [1.82, 2.24) is 0 Å². The number of ether oxygens (including phenoxy) is 2. The van der Waals surface area contributed by atoms with Crippen molar-refractivity contribution in [3.8, 4) is 5.75 Å². The molecule has 1 rings (SSSR count). The van der Waals surface area contributed by atoms with E-state index < -0.39 is 0 Å². The highest BCUT2D eigenvalue weighted by atomic mass is 35.5. The molecule has 1 aromatic rings. The number of esters is 1. The third-order valence-electron chi connectivity index (χ3n) is 2.58. The SMILES string of the molecule is CCOC(=O)C(C)Cc1cc(Cl)cc(N)c1OC. The Balaban J connectivity index is 2.93. The number of hydrogen-bond acceptors (Lipinski definition) is 4. The maximum atomic E-state index is 11.6. The fourth-order valence-corrected chi connectivity index (χ4v) is 2.02. The highest BCUT2D eigenvalue weighted by Gasteiger charge is 2.18. The van der Waals surface area contributed by atoms with Gasteiger partial charge in [0.1, 0.15) is 5.75 Å². The van der Waals surface area contributed by atoms with E-state index in [2.05, 4.69) is 0 Å². The average Bonchev–Trinajstić information content (AvgIpc) is 2.28. The monoisotopic (exact) mass is 271 g/mol. The number of halogens is 1. The number of nitrogen functional groups attached to an aromatic ring is 1. The normalized spacial score (nSPS) is 12.0. The Morgan fingerprint density at radius 2 is 2.17 bits per heavy atom. The largest absolute Gasteiger partial charge is 0.494 e. The minimum absolute atomic E-state index is 0.238. The maximum absolute atomic E-state index is 11.6. The second-order valence-corrected chi connectivity index (χ2v) is 4.48. The van der Waals surface area contributed by atoms with Crippen molar-refractivity contribution in [2.75, 3.05) is 19.5 Å². The van der Waals surface area contributed by atoms with Gasteiger partial charge in [0.15, 0.2) is 0 Å². The number of hydrogen-bond donors (Lipinski definition) is 1. The van der Waals surface area contributed by atoms with E-state index in [1.807, 2.05) is 0 Å². The van der Waals surface area contributed by atoms with Crippen LogP contribution in [0, 0.1) is 5.92 Å². The molecule has 0 radical (unpaired) electrons. The van der Waals surface area contributed by atoms with Crippen LogP contribution in [-0.4, -0.2) is 19.7 Å². The molecule has 100 valence electrons. The van der Waals surface area contributed by atoms with E-state index in [1.165, 1.54) is 7.11 Å². The summed E-state index contributed by atoms with van der Waals surface area (Å²) < 4.78 is 10.2. The zero-order valence-electron chi connectivity index (χ0n) is 10.8. The second kappa shape index (κ2) is 6.50. The van der Waals surface area contributed by atoms with Gasteiger partial charge in [0.25, 0.3) is 0 Å². The van der Waals surface area contributed by atoms with E-state index in [0.29, 0.717) is 29.5 Å². The lowest BCUT2D eigenvalue weighted by atomic mass is 10.00. The van der Waals surface area contributed by atoms with E-state index in [1.54, 1.807) is 26.0 Å². The number of rotatable bonds is 5. The Hall–Kier alpha value is -1.42. The van der Waals surface area contributed by atoms with Crippen molar-refractivity contribution in [2.45, 2.75) is 20.3 Å². The summed E-state index contributed by atoms with van der Waals surface area (Å²) in [6.07, 6.45) is 0.479. The van der Waals surface area contributed by atoms with Crippen LogP contribution in [0.15, 0.2) is 12.1 Å². The lowest BCUT2D eigenvalue weighted by Gasteiger charge is -2.15. The van der Waals surface area contributed by atoms with Crippen LogP contribution in [0.5, 0.6) is 5.75 Å². The highest BCUT2D eigenvalue weighted by molar-refractivity contribution is 6.31. The van der Waals surface area contributed by atoms with Crippen LogP contribution in [0.4, 0.5) is 5.69 Å². The zero-order valence-corrected chi connectivity index (χ0v) is 11.6. The summed E-state index contributed by atoms with van der Waals surface area (Å²) in [5, 5.41) is 0.527. The molecule has 0 spiro atoms. The lowest BCUT2D eigenvalue weighted by Crippen LogP contribution is -2.17. The summed E-state index contributed by atoms with van der Waals surface area (Å²) in [5.74, 6) is 0.0605. The van der Waals surface area contributed by atoms with Gasteiger partial charge in [0.2, 0.25) is 0 Å². The molecule has 0 bridgehead atoms. The predicted octanol–water partition coefficient (Wildman–Crippen LogP) is 2.67. The molecular weight excluding hydrogens is 254 g/mol. The van der Waals surface area contributed by atoms with E-state index in [-0.39, 0.29) is 11.9 Å². The van der Waals surface area contributed by atoms with Gasteiger partial charge in [-0.25, -0.2) is 0 Å². The number of benzene rings is 1. The molecule has 0 aliphatic rings. The first-order valence-electron chi connectivity index (χ1n) is 5.78. The molecule has 2 N–H and O–H groups in total. The molecule has 0 aliphatic heterocycles. The van der Waals surface area contributed by atoms with E-state index in [4.69, 9.17) is 26.8 Å². The van der Waals surface area contributed by atoms with Gasteiger partial charge in [-0.1, -0.05) is 18.5 Å². The standard InChI is InChI=1S/C13H18ClNO3/c1-4-18-13(16)8(2)5-9-6-10(14)7-11(15)12(9)17-3/h6-8H,4-5,15H2,1-3H3. The predicted molar refractivity (Wildman–Crippen MR) is 71.9 cm³/mol. The molecule has 4 nitrogen and oxygen atoms in total. The summed E-state index contributed by atoms with van der Waals surface area (Å²) >= 11 is 5.95. The van der Waals surface area contributed by atoms with Crippen molar-refractivity contribution in [3.63, 3.8) is 0 Å². The molecule has 0 aliphatic carbocycles. The first-order valence-corrected chi connectivity index (χ1v) is 6.15. The molecule has 1 atom stereocenters. The van der Waals surface area contributed by atoms with Gasteiger partial charge in [-0.15, -0.1) is 0 Å². The Kier molecular flexibility index (Phi) is 5.28. The number of carbonyl (C=O) groups excluding carboxylic acids is 1. The van der Waals surface area contributed by atoms with Crippen molar-refractivity contribution in [2.24, 2.45) is 5.92 Å². The average molecular weight is 272 g/mol. The first-order chi connectivity index (χ1) is 8.49. The third kappa shape index (κ3) is 3.53. The number of anilines is 1. The third-order valence-corrected chi connectivity index (χ3v) is 2.80. The van der Waals surface area contributed by atoms with E-state index in [0.717, 1.165) is 5.56 Å². The van der Waals surface area contributed by atoms with Crippen LogP contribution < -0.4 is 10.5 Å². The van der Waals surface area contributed by atoms with Gasteiger partial charge in [0, 0.05) is 5.02 Å². The molecule has 0 heterocycles. The number of nitrogens with two attached hydrogens (primary N) is 1. The van der Waals surface area contributed by atoms with Crippen molar-refractivity contribution in [1.29, 1.82) is 0 Å². The van der Waals surface area contributed by atoms with Gasteiger partial charge >= 0.3 is 5.97 Å². The first kappa shape index (κ1) is 14.6. The smallest absolute Gasteiger partial charge is 0.308 e. The summed E-state index contributed by atoms with van der Waals surface area (Å²) in [6, 6.07) is 3.38. The fraction of sp³-hybridized carbons (Fsp3) is 0.462. The van der Waals surface area contributed by atoms with E-state index >= 15 is 0 Å². The number of methoxy groups -OCH3 is 1. The topological polar surface area (TPSA) is 61.5 Å². The molecule has 0 aromatic heterocycles. The molecule has 0 saturated heterocycles. The van der Waals surface area contributed by atoms with Gasteiger partial charge in [-0.2, -0.15) is 0 Å². The van der Waals surface area contributed by atoms with Crippen LogP contribution in [0.2, 0.25) is 5.02 Å². The molecule has 0 amide bonds. The van der Waals surface area contributed by atoms with Crippen molar-refractivity contribution < 1.29 is 14.3 Å². The van der Waals surface area contributed by atoms with Gasteiger partial charge in [-0.3, -0.25) is 4.79 Å². The fourth-order valence-electron chi connectivity index (χ4n) is 1.77. The molecule has 5 heteroatoms. The van der Waals surface area contributed by atoms with E-state index in [9.17, 15) is 4.79 Å². The lowest BCUT2D eigenvalue weighted by molar-refractivity contribution is -0.147. The van der Waals surface area contributed by atoms with Gasteiger partial charge in [0.05, 0.1) is 25.3 Å². The van der Waals surface area contributed by atoms with Crippen molar-refractivity contribution in [3.05, 3.63) is 22.7 Å². The van der Waals surface area contributed by atoms with Gasteiger partial charge in [-0.05, 0) is 31.0 Å². The Labute approximate surface area is 112 Å². The number of carbonyl (C=O) groups is 1. The maximum Gasteiger partial charge on any atom is 0.308 e. The minimum atomic E-state index is -0.267. The van der Waals surface area contributed by atoms with Gasteiger partial charge < -0.3 is 15.2 Å². The van der Waals surface area contributed by atoms with Crippen molar-refractivity contribution >= 4 is 23.3 Å². The highest BCUT2D eigenvalue weighted by Crippen LogP contribution is 2.32. The Morgan fingerprint density at radius 1 is 1.50 bits per heavy atom. The molecular formula is C13H18ClNO3. The zero-order chi connectivity index (χ0) is 13.7. The molecule has 0 saturated carbocycles. The quantitative estimate of drug-likeness (QED) is 0.661. The summed E-state index contributed by atoms with van der Waals surface area (Å²) in [6.45, 7) is 3.95. The Morgan fingerprint density at radius 3 is 2.72 bits per heavy atom. The molecule has 1 unspecified atom stereocenters. The molecule has 18 heavy (non-hydrogen) atoms. The van der Waals surface area contributed by atoms with Crippen LogP contribution in [0.3, 0.4) is 0 Å². The van der Waals surface area contributed by atoms with Crippen LogP contribution >= 0.6 is 11.6 Å². The van der Waals surface area contributed by atoms with Crippen LogP contribution in [0.25, 0.3) is 0 Å². The second-order valence-electron chi connectivity index (χ2n) is 4.04. The molecule has 1 aromatic carbocycles. The van der Waals surface area contributed by atoms with Crippen LogP contribution in [0.1, 0.15) is 19.4 Å². The summed E-state index contributed by atoms with van der Waals surface area (Å²) in [5.41, 5.74) is 7.09. The Bertz CT molecular complexity index is 434. The molecule has 0 fully saturated rings. The summed E-state index contributed by atoms with van der Waals surface area (Å²) in [7, 11) is 1.54.